The van der Waals surface area contributed by atoms with Crippen LogP contribution < -0.4 is 25.8 Å². The van der Waals surface area contributed by atoms with E-state index < -0.39 is 0 Å². The van der Waals surface area contributed by atoms with E-state index in [0.29, 0.717) is 70.5 Å². The van der Waals surface area contributed by atoms with E-state index in [2.05, 4.69) is 20.6 Å². The normalized spacial score (nSPS) is 14.7. The van der Waals surface area contributed by atoms with E-state index in [1.807, 2.05) is 48.5 Å². The van der Waals surface area contributed by atoms with Crippen LogP contribution in [0.1, 0.15) is 24.1 Å². The first-order chi connectivity index (χ1) is 19.9. The number of aromatic nitrogens is 3. The summed E-state index contributed by atoms with van der Waals surface area (Å²) in [6, 6.07) is 15.3. The summed E-state index contributed by atoms with van der Waals surface area (Å²) in [5.74, 6) is 0.944. The van der Waals surface area contributed by atoms with Crippen molar-refractivity contribution in [2.75, 3.05) is 20.8 Å². The van der Waals surface area contributed by atoms with Gasteiger partial charge in [0.05, 0.1) is 41.8 Å². The van der Waals surface area contributed by atoms with E-state index in [9.17, 15) is 4.79 Å². The Kier molecular flexibility index (Phi) is 8.99. The van der Waals surface area contributed by atoms with Gasteiger partial charge in [-0.2, -0.15) is 0 Å². The molecule has 0 spiro atoms. The minimum absolute atomic E-state index is 0.0868. The smallest absolute Gasteiger partial charge is 0.237 e. The van der Waals surface area contributed by atoms with Crippen molar-refractivity contribution in [1.29, 1.82) is 0 Å². The van der Waals surface area contributed by atoms with Crippen LogP contribution in [0.15, 0.2) is 54.7 Å². The second kappa shape index (κ2) is 12.8. The highest BCUT2D eigenvalue weighted by atomic mass is 35.5. The predicted molar refractivity (Wildman–Crippen MR) is 160 cm³/mol. The van der Waals surface area contributed by atoms with Crippen LogP contribution in [0.4, 0.5) is 0 Å². The lowest BCUT2D eigenvalue weighted by Gasteiger charge is -2.15. The standard InChI is InChI=1S/C30H30Cl2N6O3/c1-40-29-17(13-33)9-11-23(37-29)21-7-3-5-19(27(21)31)20-6-4-8-22(28(20)32)24-16-35-25(30(38-24)41-2)15-34-14-18-10-12-26(39)36-18/h3-9,11,16,18,34H,10,12-15,33H2,1-2H3,(H,36,39). The molecule has 5 rings (SSSR count). The molecule has 11 heteroatoms. The molecule has 212 valence electrons. The number of methoxy groups -OCH3 is 2. The zero-order valence-corrected chi connectivity index (χ0v) is 24.2. The van der Waals surface area contributed by atoms with Gasteiger partial charge in [0.15, 0.2) is 0 Å². The molecule has 4 N–H and O–H groups in total. The Morgan fingerprint density at radius 3 is 2.17 bits per heavy atom. The number of halogens is 2. The van der Waals surface area contributed by atoms with Crippen LogP contribution in [0.3, 0.4) is 0 Å². The number of benzene rings is 2. The van der Waals surface area contributed by atoms with Gasteiger partial charge in [0.1, 0.15) is 5.69 Å². The second-order valence-electron chi connectivity index (χ2n) is 9.55. The number of carbonyl (C=O) groups excluding carboxylic acids is 1. The van der Waals surface area contributed by atoms with Crippen LogP contribution in [0, 0.1) is 0 Å². The summed E-state index contributed by atoms with van der Waals surface area (Å²) in [5, 5.41) is 7.25. The van der Waals surface area contributed by atoms with Gasteiger partial charge in [-0.1, -0.05) is 65.7 Å². The SMILES string of the molecule is COc1nc(-c2cccc(-c3cccc(-c4cnc(CNCC5CCC(=O)N5)c(OC)n4)c3Cl)c2Cl)ccc1CN. The molecule has 9 nitrogen and oxygen atoms in total. The molecule has 2 aromatic heterocycles. The van der Waals surface area contributed by atoms with Crippen LogP contribution in [-0.4, -0.2) is 47.7 Å². The first kappa shape index (κ1) is 28.8. The highest BCUT2D eigenvalue weighted by molar-refractivity contribution is 6.39. The number of nitrogens with one attached hydrogen (secondary N) is 2. The summed E-state index contributed by atoms with van der Waals surface area (Å²) in [5.41, 5.74) is 11.4. The third-order valence-electron chi connectivity index (χ3n) is 6.96. The molecule has 0 bridgehead atoms. The topological polar surface area (TPSA) is 124 Å². The lowest BCUT2D eigenvalue weighted by atomic mass is 9.98. The molecule has 0 radical (unpaired) electrons. The van der Waals surface area contributed by atoms with E-state index in [4.69, 9.17) is 43.4 Å². The van der Waals surface area contributed by atoms with Crippen LogP contribution in [0.2, 0.25) is 10.0 Å². The van der Waals surface area contributed by atoms with Gasteiger partial charge in [0.2, 0.25) is 17.7 Å². The van der Waals surface area contributed by atoms with E-state index in [1.165, 1.54) is 0 Å². The summed E-state index contributed by atoms with van der Waals surface area (Å²) in [7, 11) is 3.12. The second-order valence-corrected chi connectivity index (χ2v) is 10.3. The van der Waals surface area contributed by atoms with Gasteiger partial charge in [-0.05, 0) is 12.5 Å². The van der Waals surface area contributed by atoms with Crippen molar-refractivity contribution < 1.29 is 14.3 Å². The first-order valence-electron chi connectivity index (χ1n) is 13.2. The van der Waals surface area contributed by atoms with Crippen LogP contribution in [0.5, 0.6) is 11.8 Å². The average molecular weight is 594 g/mol. The number of rotatable bonds is 10. The molecule has 1 saturated heterocycles. The van der Waals surface area contributed by atoms with Crippen molar-refractivity contribution in [2.24, 2.45) is 5.73 Å². The van der Waals surface area contributed by atoms with Gasteiger partial charge in [0, 0.05) is 59.9 Å². The molecule has 0 saturated carbocycles. The van der Waals surface area contributed by atoms with Gasteiger partial charge in [0.25, 0.3) is 0 Å². The number of ether oxygens (including phenoxy) is 2. The fraction of sp³-hybridized carbons (Fsp3) is 0.267. The molecule has 1 aliphatic rings. The highest BCUT2D eigenvalue weighted by Crippen LogP contribution is 2.42. The number of nitrogens with two attached hydrogens (primary N) is 1. The Hall–Kier alpha value is -3.76. The molecular formula is C30H30Cl2N6O3. The van der Waals surface area contributed by atoms with Gasteiger partial charge >= 0.3 is 0 Å². The monoisotopic (exact) mass is 592 g/mol. The van der Waals surface area contributed by atoms with Gasteiger partial charge < -0.3 is 25.8 Å². The third kappa shape index (κ3) is 6.13. The summed E-state index contributed by atoms with van der Waals surface area (Å²) in [4.78, 5) is 25.3. The maximum atomic E-state index is 11.4. The Morgan fingerprint density at radius 2 is 1.56 bits per heavy atom. The fourth-order valence-electron chi connectivity index (χ4n) is 4.83. The summed E-state index contributed by atoms with van der Waals surface area (Å²) in [6.07, 6.45) is 3.06. The molecule has 3 heterocycles. The lowest BCUT2D eigenvalue weighted by molar-refractivity contribution is -0.119. The molecule has 41 heavy (non-hydrogen) atoms. The predicted octanol–water partition coefficient (Wildman–Crippen LogP) is 5.02. The molecule has 4 aromatic rings. The molecule has 0 aliphatic carbocycles. The Balaban J connectivity index is 1.43. The quantitative estimate of drug-likeness (QED) is 0.234. The first-order valence-corrected chi connectivity index (χ1v) is 13.9. The van der Waals surface area contributed by atoms with E-state index >= 15 is 0 Å². The lowest BCUT2D eigenvalue weighted by Crippen LogP contribution is -2.35. The molecule has 1 aliphatic heterocycles. The molecular weight excluding hydrogens is 563 g/mol. The molecule has 2 aromatic carbocycles. The van der Waals surface area contributed by atoms with Crippen LogP contribution in [-0.2, 0) is 17.9 Å². The molecule has 1 unspecified atom stereocenters. The number of carbonyl (C=O) groups is 1. The van der Waals surface area contributed by atoms with E-state index in [1.54, 1.807) is 20.4 Å². The fourth-order valence-corrected chi connectivity index (χ4v) is 5.48. The van der Waals surface area contributed by atoms with Crippen molar-refractivity contribution >= 4 is 29.1 Å². The van der Waals surface area contributed by atoms with Gasteiger partial charge in [-0.25, -0.2) is 9.97 Å². The van der Waals surface area contributed by atoms with Gasteiger partial charge in [-0.3, -0.25) is 9.78 Å². The summed E-state index contributed by atoms with van der Waals surface area (Å²) < 4.78 is 11.0. The molecule has 1 atom stereocenters. The average Bonchev–Trinajstić information content (AvgIpc) is 3.42. The zero-order valence-electron chi connectivity index (χ0n) is 22.7. The van der Waals surface area contributed by atoms with Crippen molar-refractivity contribution in [3.05, 3.63) is 76.0 Å². The molecule has 1 fully saturated rings. The minimum Gasteiger partial charge on any atom is -0.481 e. The Morgan fingerprint density at radius 1 is 0.927 bits per heavy atom. The third-order valence-corrected chi connectivity index (χ3v) is 7.78. The van der Waals surface area contributed by atoms with Crippen molar-refractivity contribution in [3.8, 4) is 45.4 Å². The van der Waals surface area contributed by atoms with Crippen molar-refractivity contribution in [1.82, 2.24) is 25.6 Å². The highest BCUT2D eigenvalue weighted by Gasteiger charge is 2.21. The largest absolute Gasteiger partial charge is 0.481 e. The van der Waals surface area contributed by atoms with Crippen molar-refractivity contribution in [3.63, 3.8) is 0 Å². The number of amides is 1. The Labute approximate surface area is 248 Å². The van der Waals surface area contributed by atoms with Crippen molar-refractivity contribution in [2.45, 2.75) is 32.0 Å². The van der Waals surface area contributed by atoms with Gasteiger partial charge in [-0.15, -0.1) is 0 Å². The van der Waals surface area contributed by atoms with E-state index in [-0.39, 0.29) is 11.9 Å². The summed E-state index contributed by atoms with van der Waals surface area (Å²) in [6.45, 7) is 1.41. The maximum Gasteiger partial charge on any atom is 0.237 e. The number of pyridine rings is 1. The Bertz CT molecular complexity index is 1580. The number of hydrogen-bond donors (Lipinski definition) is 3. The minimum atomic E-state index is 0.0868. The number of nitrogens with zero attached hydrogens (tertiary/aromatic N) is 3. The summed E-state index contributed by atoms with van der Waals surface area (Å²) >= 11 is 13.9. The number of hydrogen-bond acceptors (Lipinski definition) is 8. The van der Waals surface area contributed by atoms with Crippen LogP contribution in [0.25, 0.3) is 33.6 Å². The van der Waals surface area contributed by atoms with Crippen LogP contribution >= 0.6 is 23.2 Å². The zero-order chi connectivity index (χ0) is 28.9. The maximum absolute atomic E-state index is 11.4. The van der Waals surface area contributed by atoms with E-state index in [0.717, 1.165) is 28.7 Å². The molecule has 1 amide bonds.